The van der Waals surface area contributed by atoms with E-state index in [9.17, 15) is 0 Å². The number of hydrogen-bond acceptors (Lipinski definition) is 0. The summed E-state index contributed by atoms with van der Waals surface area (Å²) >= 11 is 0. The summed E-state index contributed by atoms with van der Waals surface area (Å²) in [5.41, 5.74) is 0. The van der Waals surface area contributed by atoms with Crippen LogP contribution in [0.5, 0.6) is 0 Å². The van der Waals surface area contributed by atoms with Crippen LogP contribution in [0.25, 0.3) is 0 Å². The third-order valence-electron chi connectivity index (χ3n) is 1.16. The van der Waals surface area contributed by atoms with Crippen molar-refractivity contribution in [1.29, 1.82) is 0 Å². The van der Waals surface area contributed by atoms with Gasteiger partial charge < -0.3 is 0 Å². The minimum atomic E-state index is 0.778. The number of nitrogens with zero attached hydrogens (tertiary/aromatic N) is 1. The SMILES string of the molecule is CCC[N]C1CC1. The van der Waals surface area contributed by atoms with Gasteiger partial charge in [-0.05, 0) is 19.3 Å². The largest absolute Gasteiger partial charge is 0.238 e. The van der Waals surface area contributed by atoms with Gasteiger partial charge in [0.05, 0.1) is 0 Å². The van der Waals surface area contributed by atoms with Crippen molar-refractivity contribution < 1.29 is 0 Å². The van der Waals surface area contributed by atoms with Crippen molar-refractivity contribution in [3.63, 3.8) is 0 Å². The van der Waals surface area contributed by atoms with Gasteiger partial charge in [-0.15, -0.1) is 0 Å². The fraction of sp³-hybridized carbons (Fsp3) is 1.00. The summed E-state index contributed by atoms with van der Waals surface area (Å²) in [6.45, 7) is 3.26. The maximum Gasteiger partial charge on any atom is 0.0247 e. The predicted molar refractivity (Wildman–Crippen MR) is 30.3 cm³/mol. The molecule has 1 saturated carbocycles. The molecule has 1 rings (SSSR count). The first-order chi connectivity index (χ1) is 3.43. The molecule has 0 spiro atoms. The molecule has 0 heterocycles. The fourth-order valence-corrected chi connectivity index (χ4v) is 0.569. The van der Waals surface area contributed by atoms with E-state index < -0.39 is 0 Å². The van der Waals surface area contributed by atoms with Crippen LogP contribution in [-0.4, -0.2) is 12.6 Å². The quantitative estimate of drug-likeness (QED) is 0.503. The highest BCUT2D eigenvalue weighted by Crippen LogP contribution is 2.19. The summed E-state index contributed by atoms with van der Waals surface area (Å²) in [5, 5.41) is 4.35. The van der Waals surface area contributed by atoms with Crippen LogP contribution in [0.2, 0.25) is 0 Å². The molecule has 0 bridgehead atoms. The van der Waals surface area contributed by atoms with Gasteiger partial charge in [-0.2, -0.15) is 0 Å². The topological polar surface area (TPSA) is 14.1 Å². The van der Waals surface area contributed by atoms with Gasteiger partial charge in [0.1, 0.15) is 0 Å². The molecule has 1 radical (unpaired) electrons. The normalized spacial score (nSPS) is 20.1. The Morgan fingerprint density at radius 2 is 2.29 bits per heavy atom. The molecular formula is C6H12N. The fourth-order valence-electron chi connectivity index (χ4n) is 0.569. The highest BCUT2D eigenvalue weighted by atomic mass is 14.9. The Morgan fingerprint density at radius 1 is 1.57 bits per heavy atom. The molecule has 7 heavy (non-hydrogen) atoms. The lowest BCUT2D eigenvalue weighted by Crippen LogP contribution is -2.06. The molecule has 0 aromatic heterocycles. The summed E-state index contributed by atoms with van der Waals surface area (Å²) < 4.78 is 0. The molecule has 1 heteroatoms. The minimum absolute atomic E-state index is 0.778. The third kappa shape index (κ3) is 1.93. The lowest BCUT2D eigenvalue weighted by molar-refractivity contribution is 0.656. The first-order valence-electron chi connectivity index (χ1n) is 3.10. The Balaban J connectivity index is 1.80. The molecule has 0 aromatic rings. The van der Waals surface area contributed by atoms with Crippen LogP contribution in [0.1, 0.15) is 26.2 Å². The van der Waals surface area contributed by atoms with E-state index in [2.05, 4.69) is 12.2 Å². The summed E-state index contributed by atoms with van der Waals surface area (Å²) in [5.74, 6) is 0. The van der Waals surface area contributed by atoms with Crippen LogP contribution >= 0.6 is 0 Å². The summed E-state index contributed by atoms with van der Waals surface area (Å²) in [4.78, 5) is 0. The molecule has 0 amide bonds. The van der Waals surface area contributed by atoms with Crippen molar-refractivity contribution >= 4 is 0 Å². The Kier molecular flexibility index (Phi) is 1.69. The molecule has 1 aliphatic carbocycles. The molecule has 0 aliphatic heterocycles. The molecule has 0 aromatic carbocycles. The first kappa shape index (κ1) is 5.10. The second kappa shape index (κ2) is 2.31. The first-order valence-corrected chi connectivity index (χ1v) is 3.10. The molecule has 0 saturated heterocycles. The van der Waals surface area contributed by atoms with E-state index in [1.807, 2.05) is 0 Å². The van der Waals surface area contributed by atoms with Gasteiger partial charge in [-0.3, -0.25) is 0 Å². The number of hydrogen-bond donors (Lipinski definition) is 0. The number of rotatable bonds is 3. The third-order valence-corrected chi connectivity index (χ3v) is 1.16. The monoisotopic (exact) mass is 98.1 g/mol. The average molecular weight is 98.2 g/mol. The Morgan fingerprint density at radius 3 is 2.71 bits per heavy atom. The van der Waals surface area contributed by atoms with Gasteiger partial charge in [0.2, 0.25) is 0 Å². The molecule has 0 N–H and O–H groups in total. The van der Waals surface area contributed by atoms with Crippen molar-refractivity contribution in [1.82, 2.24) is 5.32 Å². The van der Waals surface area contributed by atoms with Crippen molar-refractivity contribution in [2.75, 3.05) is 6.54 Å². The van der Waals surface area contributed by atoms with E-state index in [-0.39, 0.29) is 0 Å². The Hall–Kier alpha value is -0.0400. The zero-order valence-electron chi connectivity index (χ0n) is 4.85. The predicted octanol–water partition coefficient (Wildman–Crippen LogP) is 1.16. The zero-order chi connectivity index (χ0) is 5.11. The molecule has 41 valence electrons. The van der Waals surface area contributed by atoms with Gasteiger partial charge in [0.15, 0.2) is 0 Å². The van der Waals surface area contributed by atoms with Crippen molar-refractivity contribution in [2.24, 2.45) is 0 Å². The van der Waals surface area contributed by atoms with Gasteiger partial charge in [0, 0.05) is 12.6 Å². The van der Waals surface area contributed by atoms with Crippen LogP contribution in [-0.2, 0) is 0 Å². The highest BCUT2D eigenvalue weighted by Gasteiger charge is 2.20. The molecule has 1 fully saturated rings. The maximum absolute atomic E-state index is 4.35. The Labute approximate surface area is 45.1 Å². The smallest absolute Gasteiger partial charge is 0.0247 e. The van der Waals surface area contributed by atoms with Crippen molar-refractivity contribution in [3.05, 3.63) is 0 Å². The molecule has 0 unspecified atom stereocenters. The lowest BCUT2D eigenvalue weighted by Gasteiger charge is -1.91. The molecular weight excluding hydrogens is 86.1 g/mol. The van der Waals surface area contributed by atoms with Crippen LogP contribution in [0.4, 0.5) is 0 Å². The minimum Gasteiger partial charge on any atom is -0.238 e. The van der Waals surface area contributed by atoms with Crippen LogP contribution in [0, 0.1) is 0 Å². The summed E-state index contributed by atoms with van der Waals surface area (Å²) in [6, 6.07) is 0.778. The van der Waals surface area contributed by atoms with Crippen molar-refractivity contribution in [2.45, 2.75) is 32.2 Å². The van der Waals surface area contributed by atoms with E-state index in [1.54, 1.807) is 0 Å². The van der Waals surface area contributed by atoms with E-state index >= 15 is 0 Å². The highest BCUT2D eigenvalue weighted by molar-refractivity contribution is 4.79. The van der Waals surface area contributed by atoms with Crippen LogP contribution in [0.3, 0.4) is 0 Å². The van der Waals surface area contributed by atoms with E-state index in [0.29, 0.717) is 0 Å². The second-order valence-corrected chi connectivity index (χ2v) is 2.14. The van der Waals surface area contributed by atoms with Gasteiger partial charge >= 0.3 is 0 Å². The maximum atomic E-state index is 4.35. The molecule has 1 nitrogen and oxygen atoms in total. The molecule has 0 atom stereocenters. The van der Waals surface area contributed by atoms with Gasteiger partial charge in [0.25, 0.3) is 0 Å². The second-order valence-electron chi connectivity index (χ2n) is 2.14. The van der Waals surface area contributed by atoms with Crippen LogP contribution in [0.15, 0.2) is 0 Å². The van der Waals surface area contributed by atoms with Gasteiger partial charge in [-0.1, -0.05) is 6.92 Å². The Bertz CT molecular complexity index is 48.1. The average Bonchev–Trinajstić information content (AvgIpc) is 2.42. The lowest BCUT2D eigenvalue weighted by atomic mass is 10.5. The summed E-state index contributed by atoms with van der Waals surface area (Å²) in [7, 11) is 0. The van der Waals surface area contributed by atoms with E-state index in [1.165, 1.54) is 19.3 Å². The molecule has 1 aliphatic rings. The van der Waals surface area contributed by atoms with E-state index in [0.717, 1.165) is 12.6 Å². The summed E-state index contributed by atoms with van der Waals surface area (Å²) in [6.07, 6.45) is 3.94. The van der Waals surface area contributed by atoms with Crippen LogP contribution < -0.4 is 5.32 Å². The van der Waals surface area contributed by atoms with Crippen molar-refractivity contribution in [3.8, 4) is 0 Å². The standard InChI is InChI=1S/C6H12N/c1-2-5-7-6-3-4-6/h6H,2-5H2,1H3. The zero-order valence-corrected chi connectivity index (χ0v) is 4.85. The van der Waals surface area contributed by atoms with Gasteiger partial charge in [-0.25, -0.2) is 5.32 Å². The van der Waals surface area contributed by atoms with E-state index in [4.69, 9.17) is 0 Å².